The number of fused-ring (bicyclic) bond motifs is 1. The monoisotopic (exact) mass is 354 g/mol. The fourth-order valence-electron chi connectivity index (χ4n) is 3.02. The molecule has 2 atom stereocenters. The number of H-pyrrole nitrogens is 1. The summed E-state index contributed by atoms with van der Waals surface area (Å²) in [7, 11) is 0. The molecule has 134 valence electrons. The summed E-state index contributed by atoms with van der Waals surface area (Å²) < 4.78 is 17.5. The molecule has 2 heterocycles. The molecule has 0 bridgehead atoms. The molecule has 26 heavy (non-hydrogen) atoms. The highest BCUT2D eigenvalue weighted by atomic mass is 16.6. The average Bonchev–Trinajstić information content (AvgIpc) is 2.59. The van der Waals surface area contributed by atoms with Gasteiger partial charge in [0.1, 0.15) is 17.1 Å². The Kier molecular flexibility index (Phi) is 4.20. The molecule has 0 fully saturated rings. The van der Waals surface area contributed by atoms with E-state index in [-0.39, 0.29) is 5.56 Å². The predicted octanol–water partition coefficient (Wildman–Crippen LogP) is 2.47. The van der Waals surface area contributed by atoms with E-state index in [1.807, 2.05) is 0 Å². The first-order valence-corrected chi connectivity index (χ1v) is 8.00. The van der Waals surface area contributed by atoms with Crippen LogP contribution in [0.3, 0.4) is 0 Å². The maximum atomic E-state index is 11.6. The fraction of sp³-hybridized carbons (Fsp3) is 0.316. The van der Waals surface area contributed by atoms with Crippen molar-refractivity contribution in [2.75, 3.05) is 0 Å². The van der Waals surface area contributed by atoms with Crippen molar-refractivity contribution < 1.29 is 19.0 Å². The molecule has 7 heteroatoms. The molecule has 7 nitrogen and oxygen atoms in total. The zero-order valence-corrected chi connectivity index (χ0v) is 14.6. The number of nitriles is 1. The van der Waals surface area contributed by atoms with Crippen molar-refractivity contribution in [2.24, 2.45) is 0 Å². The minimum absolute atomic E-state index is 0.311. The predicted molar refractivity (Wildman–Crippen MR) is 91.8 cm³/mol. The van der Waals surface area contributed by atoms with E-state index >= 15 is 0 Å². The van der Waals surface area contributed by atoms with Gasteiger partial charge in [-0.15, -0.1) is 0 Å². The van der Waals surface area contributed by atoms with Crippen LogP contribution in [0.15, 0.2) is 41.3 Å². The Bertz CT molecular complexity index is 943. The molecular weight excluding hydrogens is 336 g/mol. The molecule has 0 amide bonds. The normalized spacial score (nSPS) is 23.1. The molecule has 1 aliphatic rings. The molecule has 1 aliphatic heterocycles. The second-order valence-electron chi connectivity index (χ2n) is 6.68. The van der Waals surface area contributed by atoms with Gasteiger partial charge in [0, 0.05) is 17.8 Å². The van der Waals surface area contributed by atoms with Crippen molar-refractivity contribution in [3.63, 3.8) is 0 Å². The summed E-state index contributed by atoms with van der Waals surface area (Å²) in [6.45, 7) is 5.61. The van der Waals surface area contributed by atoms with Gasteiger partial charge in [-0.1, -0.05) is 0 Å². The highest BCUT2D eigenvalue weighted by Crippen LogP contribution is 2.50. The second-order valence-corrected chi connectivity index (χ2v) is 6.68. The molecule has 2 aromatic rings. The van der Waals surface area contributed by atoms with Crippen LogP contribution < -0.4 is 15.0 Å². The maximum Gasteiger partial charge on any atom is 0.293 e. The van der Waals surface area contributed by atoms with Crippen LogP contribution in [-0.4, -0.2) is 22.7 Å². The second kappa shape index (κ2) is 6.23. The van der Waals surface area contributed by atoms with Gasteiger partial charge in [0.25, 0.3) is 12.0 Å². The van der Waals surface area contributed by atoms with E-state index in [0.717, 1.165) is 0 Å². The van der Waals surface area contributed by atoms with Crippen molar-refractivity contribution >= 4 is 6.47 Å². The lowest BCUT2D eigenvalue weighted by Gasteiger charge is -2.50. The zero-order chi connectivity index (χ0) is 18.9. The van der Waals surface area contributed by atoms with Crippen molar-refractivity contribution in [1.82, 2.24) is 4.98 Å². The molecule has 0 radical (unpaired) electrons. The average molecular weight is 354 g/mol. The van der Waals surface area contributed by atoms with Crippen molar-refractivity contribution in [1.29, 1.82) is 5.26 Å². The number of hydrogen-bond acceptors (Lipinski definition) is 6. The van der Waals surface area contributed by atoms with E-state index < -0.39 is 17.3 Å². The van der Waals surface area contributed by atoms with Gasteiger partial charge in [-0.25, -0.2) is 0 Å². The number of benzene rings is 1. The number of carbonyl (C=O) groups excluding carboxylic acids is 1. The summed E-state index contributed by atoms with van der Waals surface area (Å²) in [4.78, 5) is 25.3. The Morgan fingerprint density at radius 3 is 2.69 bits per heavy atom. The van der Waals surface area contributed by atoms with E-state index in [1.54, 1.807) is 45.0 Å². The van der Waals surface area contributed by atoms with Crippen LogP contribution in [0.2, 0.25) is 0 Å². The SMILES string of the molecule is CC1(C)Oc2ccc(C#N)cc2C(Oc2cc[nH]c(=O)c2)C1(C)OC=O. The molecular formula is C19H18N2O5. The van der Waals surface area contributed by atoms with Crippen LogP contribution in [0, 0.1) is 11.3 Å². The fourth-order valence-corrected chi connectivity index (χ4v) is 3.02. The Labute approximate surface area is 150 Å². The molecule has 1 N–H and O–H groups in total. The van der Waals surface area contributed by atoms with Gasteiger partial charge in [-0.2, -0.15) is 5.26 Å². The largest absolute Gasteiger partial charge is 0.483 e. The van der Waals surface area contributed by atoms with E-state index in [9.17, 15) is 14.9 Å². The minimum atomic E-state index is -1.21. The van der Waals surface area contributed by atoms with Gasteiger partial charge >= 0.3 is 0 Å². The lowest BCUT2D eigenvalue weighted by molar-refractivity contribution is -0.199. The summed E-state index contributed by atoms with van der Waals surface area (Å²) in [5.41, 5.74) is -1.48. The molecule has 1 aromatic carbocycles. The number of ether oxygens (including phenoxy) is 3. The first kappa shape index (κ1) is 17.5. The number of rotatable bonds is 4. The molecule has 2 unspecified atom stereocenters. The lowest BCUT2D eigenvalue weighted by atomic mass is 9.76. The van der Waals surface area contributed by atoms with Crippen molar-refractivity contribution in [3.05, 3.63) is 58.0 Å². The number of hydrogen-bond donors (Lipinski definition) is 1. The molecule has 0 saturated carbocycles. The minimum Gasteiger partial charge on any atom is -0.483 e. The third-order valence-electron chi connectivity index (χ3n) is 4.78. The number of aromatic amines is 1. The van der Waals surface area contributed by atoms with Gasteiger partial charge in [-0.05, 0) is 45.0 Å². The summed E-state index contributed by atoms with van der Waals surface area (Å²) >= 11 is 0. The summed E-state index contributed by atoms with van der Waals surface area (Å²) in [5.74, 6) is 0.835. The highest BCUT2D eigenvalue weighted by Gasteiger charge is 2.57. The van der Waals surface area contributed by atoms with Gasteiger partial charge < -0.3 is 19.2 Å². The number of carbonyl (C=O) groups is 1. The van der Waals surface area contributed by atoms with Crippen LogP contribution >= 0.6 is 0 Å². The smallest absolute Gasteiger partial charge is 0.293 e. The molecule has 0 saturated heterocycles. The number of aromatic nitrogens is 1. The Morgan fingerprint density at radius 1 is 1.27 bits per heavy atom. The van der Waals surface area contributed by atoms with E-state index in [0.29, 0.717) is 29.1 Å². The molecule has 0 spiro atoms. The standard InChI is InChI=1S/C19H18N2O5/c1-18(2)19(3,24-11-22)17(25-13-6-7-21-16(23)9-13)14-8-12(10-20)4-5-15(14)26-18/h4-9,11,17H,1-3H3,(H,21,23). The van der Waals surface area contributed by atoms with Gasteiger partial charge in [-0.3, -0.25) is 9.59 Å². The van der Waals surface area contributed by atoms with Crippen LogP contribution in [0.25, 0.3) is 0 Å². The van der Waals surface area contributed by atoms with E-state index in [1.165, 1.54) is 12.3 Å². The highest BCUT2D eigenvalue weighted by molar-refractivity contribution is 5.49. The zero-order valence-electron chi connectivity index (χ0n) is 14.6. The number of nitrogens with zero attached hydrogens (tertiary/aromatic N) is 1. The van der Waals surface area contributed by atoms with Crippen LogP contribution in [-0.2, 0) is 9.53 Å². The molecule has 1 aromatic heterocycles. The van der Waals surface area contributed by atoms with Crippen molar-refractivity contribution in [3.8, 4) is 17.6 Å². The molecule has 3 rings (SSSR count). The van der Waals surface area contributed by atoms with Crippen molar-refractivity contribution in [2.45, 2.75) is 38.1 Å². The van der Waals surface area contributed by atoms with E-state index in [4.69, 9.17) is 14.2 Å². The number of pyridine rings is 1. The third-order valence-corrected chi connectivity index (χ3v) is 4.78. The first-order valence-electron chi connectivity index (χ1n) is 8.00. The van der Waals surface area contributed by atoms with Gasteiger partial charge in [0.05, 0.1) is 11.6 Å². The summed E-state index contributed by atoms with van der Waals surface area (Å²) in [5, 5.41) is 9.22. The quantitative estimate of drug-likeness (QED) is 0.847. The maximum absolute atomic E-state index is 11.6. The Morgan fingerprint density at radius 2 is 2.04 bits per heavy atom. The third kappa shape index (κ3) is 2.80. The first-order chi connectivity index (χ1) is 12.3. The van der Waals surface area contributed by atoms with Gasteiger partial charge in [0.2, 0.25) is 0 Å². The van der Waals surface area contributed by atoms with Crippen LogP contribution in [0.4, 0.5) is 0 Å². The summed E-state index contributed by atoms with van der Waals surface area (Å²) in [6.07, 6.45) is 0.675. The Balaban J connectivity index is 2.18. The Hall–Kier alpha value is -3.27. The number of nitrogens with one attached hydrogen (secondary N) is 1. The van der Waals surface area contributed by atoms with Crippen LogP contribution in [0.1, 0.15) is 38.0 Å². The van der Waals surface area contributed by atoms with E-state index in [2.05, 4.69) is 11.1 Å². The van der Waals surface area contributed by atoms with Crippen LogP contribution in [0.5, 0.6) is 11.5 Å². The van der Waals surface area contributed by atoms with Gasteiger partial charge in [0.15, 0.2) is 11.7 Å². The lowest BCUT2D eigenvalue weighted by Crippen LogP contribution is -2.61. The summed E-state index contributed by atoms with van der Waals surface area (Å²) in [6, 6.07) is 9.93. The topological polar surface area (TPSA) is 101 Å². The molecule has 0 aliphatic carbocycles.